The lowest BCUT2D eigenvalue weighted by molar-refractivity contribution is -0.137. The molecule has 0 bridgehead atoms. The third-order valence-electron chi connectivity index (χ3n) is 2.83. The molecule has 0 radical (unpaired) electrons. The van der Waals surface area contributed by atoms with Crippen molar-refractivity contribution in [2.24, 2.45) is 0 Å². The van der Waals surface area contributed by atoms with Crippen LogP contribution in [0.1, 0.15) is 24.0 Å². The highest BCUT2D eigenvalue weighted by Gasteiger charge is 2.30. The van der Waals surface area contributed by atoms with Crippen LogP contribution in [0.25, 0.3) is 6.08 Å². The van der Waals surface area contributed by atoms with Gasteiger partial charge in [-0.2, -0.15) is 13.2 Å². The maximum atomic E-state index is 12.5. The summed E-state index contributed by atoms with van der Waals surface area (Å²) in [6, 6.07) is 5.38. The second kappa shape index (κ2) is 4.82. The summed E-state index contributed by atoms with van der Waals surface area (Å²) >= 11 is 0. The molecule has 0 spiro atoms. The third-order valence-corrected chi connectivity index (χ3v) is 2.83. The van der Waals surface area contributed by atoms with Crippen molar-refractivity contribution >= 4 is 6.08 Å². The van der Waals surface area contributed by atoms with Gasteiger partial charge in [-0.05, 0) is 42.8 Å². The van der Waals surface area contributed by atoms with Crippen LogP contribution >= 0.6 is 0 Å². The lowest BCUT2D eigenvalue weighted by Gasteiger charge is -2.10. The summed E-state index contributed by atoms with van der Waals surface area (Å²) in [7, 11) is 0. The van der Waals surface area contributed by atoms with Crippen LogP contribution in [0.3, 0.4) is 0 Å². The molecule has 0 amide bonds. The Morgan fingerprint density at radius 1 is 1.12 bits per heavy atom. The van der Waals surface area contributed by atoms with E-state index in [1.54, 1.807) is 12.1 Å². The number of likely N-dealkylation sites (tertiary alicyclic amines) is 1. The van der Waals surface area contributed by atoms with E-state index in [9.17, 15) is 13.2 Å². The molecule has 1 nitrogen and oxygen atoms in total. The van der Waals surface area contributed by atoms with E-state index >= 15 is 0 Å². The first-order valence-electron chi connectivity index (χ1n) is 5.65. The van der Waals surface area contributed by atoms with Crippen molar-refractivity contribution in [3.63, 3.8) is 0 Å². The average Bonchev–Trinajstić information content (AvgIpc) is 2.78. The van der Waals surface area contributed by atoms with Gasteiger partial charge in [-0.15, -0.1) is 0 Å². The fourth-order valence-electron chi connectivity index (χ4n) is 1.90. The molecule has 1 heterocycles. The topological polar surface area (TPSA) is 3.24 Å². The predicted molar refractivity (Wildman–Crippen MR) is 61.3 cm³/mol. The smallest absolute Gasteiger partial charge is 0.377 e. The molecule has 1 saturated heterocycles. The first-order valence-corrected chi connectivity index (χ1v) is 5.65. The maximum Gasteiger partial charge on any atom is 0.416 e. The maximum absolute atomic E-state index is 12.5. The zero-order valence-corrected chi connectivity index (χ0v) is 9.37. The van der Waals surface area contributed by atoms with Crippen molar-refractivity contribution < 1.29 is 13.2 Å². The number of rotatable bonds is 2. The quantitative estimate of drug-likeness (QED) is 0.761. The molecule has 0 aliphatic carbocycles. The molecule has 0 N–H and O–H groups in total. The largest absolute Gasteiger partial charge is 0.416 e. The monoisotopic (exact) mass is 241 g/mol. The lowest BCUT2D eigenvalue weighted by atomic mass is 10.1. The van der Waals surface area contributed by atoms with Gasteiger partial charge in [-0.3, -0.25) is 0 Å². The standard InChI is InChI=1S/C13H14F3N/c14-13(15,16)12-5-3-4-11(10-12)6-9-17-7-1-2-8-17/h3-6,9-10H,1-2,7-8H2. The number of benzene rings is 1. The molecular weight excluding hydrogens is 227 g/mol. The minimum Gasteiger partial charge on any atom is -0.377 e. The van der Waals surface area contributed by atoms with Crippen LogP contribution in [0.2, 0.25) is 0 Å². The summed E-state index contributed by atoms with van der Waals surface area (Å²) in [6.07, 6.45) is 1.67. The summed E-state index contributed by atoms with van der Waals surface area (Å²) in [5.74, 6) is 0. The van der Waals surface area contributed by atoms with Gasteiger partial charge < -0.3 is 4.90 Å². The number of hydrogen-bond acceptors (Lipinski definition) is 1. The molecule has 17 heavy (non-hydrogen) atoms. The van der Waals surface area contributed by atoms with E-state index in [4.69, 9.17) is 0 Å². The second-order valence-electron chi connectivity index (χ2n) is 4.18. The van der Waals surface area contributed by atoms with E-state index in [2.05, 4.69) is 4.90 Å². The van der Waals surface area contributed by atoms with E-state index in [1.165, 1.54) is 12.1 Å². The highest BCUT2D eigenvalue weighted by Crippen LogP contribution is 2.29. The first kappa shape index (κ1) is 12.0. The molecule has 1 fully saturated rings. The second-order valence-corrected chi connectivity index (χ2v) is 4.18. The Morgan fingerprint density at radius 3 is 2.47 bits per heavy atom. The van der Waals surface area contributed by atoms with Gasteiger partial charge >= 0.3 is 6.18 Å². The highest BCUT2D eigenvalue weighted by molar-refractivity contribution is 5.50. The van der Waals surface area contributed by atoms with Crippen LogP contribution in [-0.2, 0) is 6.18 Å². The van der Waals surface area contributed by atoms with E-state index in [0.717, 1.165) is 32.0 Å². The molecular formula is C13H14F3N. The van der Waals surface area contributed by atoms with Gasteiger partial charge in [0.1, 0.15) is 0 Å². The summed E-state index contributed by atoms with van der Waals surface area (Å²) < 4.78 is 37.4. The van der Waals surface area contributed by atoms with Crippen molar-refractivity contribution in [2.75, 3.05) is 13.1 Å². The molecule has 0 aromatic heterocycles. The Hall–Kier alpha value is -1.45. The van der Waals surface area contributed by atoms with Crippen LogP contribution < -0.4 is 0 Å². The fourth-order valence-corrected chi connectivity index (χ4v) is 1.90. The van der Waals surface area contributed by atoms with Crippen LogP contribution in [0.15, 0.2) is 30.5 Å². The van der Waals surface area contributed by atoms with Crippen molar-refractivity contribution in [3.8, 4) is 0 Å². The summed E-state index contributed by atoms with van der Waals surface area (Å²) in [5.41, 5.74) is -0.00667. The molecule has 92 valence electrons. The Labute approximate surface area is 98.5 Å². The molecule has 0 saturated carbocycles. The zero-order chi connectivity index (χ0) is 12.3. The van der Waals surface area contributed by atoms with E-state index in [0.29, 0.717) is 5.56 Å². The fraction of sp³-hybridized carbons (Fsp3) is 0.385. The van der Waals surface area contributed by atoms with Crippen molar-refractivity contribution in [1.82, 2.24) is 4.90 Å². The van der Waals surface area contributed by atoms with E-state index in [-0.39, 0.29) is 0 Å². The Balaban J connectivity index is 2.10. The normalized spacial score (nSPS) is 17.0. The molecule has 1 aromatic carbocycles. The average molecular weight is 241 g/mol. The third kappa shape index (κ3) is 3.25. The molecule has 2 rings (SSSR count). The molecule has 0 unspecified atom stereocenters. The highest BCUT2D eigenvalue weighted by atomic mass is 19.4. The van der Waals surface area contributed by atoms with Gasteiger partial charge in [0, 0.05) is 13.1 Å². The van der Waals surface area contributed by atoms with Crippen LogP contribution in [0, 0.1) is 0 Å². The van der Waals surface area contributed by atoms with Gasteiger partial charge in [0.2, 0.25) is 0 Å². The number of hydrogen-bond donors (Lipinski definition) is 0. The summed E-state index contributed by atoms with van der Waals surface area (Å²) in [6.45, 7) is 1.99. The predicted octanol–water partition coefficient (Wildman–Crippen LogP) is 3.77. The summed E-state index contributed by atoms with van der Waals surface area (Å²) in [5, 5.41) is 0. The van der Waals surface area contributed by atoms with Crippen LogP contribution in [0.4, 0.5) is 13.2 Å². The van der Waals surface area contributed by atoms with E-state index < -0.39 is 11.7 Å². The van der Waals surface area contributed by atoms with Crippen molar-refractivity contribution in [3.05, 3.63) is 41.6 Å². The Bertz CT molecular complexity index is 403. The van der Waals surface area contributed by atoms with Crippen molar-refractivity contribution in [2.45, 2.75) is 19.0 Å². The number of halogens is 3. The van der Waals surface area contributed by atoms with Gasteiger partial charge in [0.25, 0.3) is 0 Å². The molecule has 1 aliphatic rings. The first-order chi connectivity index (χ1) is 8.05. The molecule has 4 heteroatoms. The van der Waals surface area contributed by atoms with Gasteiger partial charge in [0.15, 0.2) is 0 Å². The SMILES string of the molecule is FC(F)(F)c1cccc(C=CN2CCCC2)c1. The lowest BCUT2D eigenvalue weighted by Crippen LogP contribution is -2.10. The molecule has 0 atom stereocenters. The van der Waals surface area contributed by atoms with Gasteiger partial charge in [0.05, 0.1) is 5.56 Å². The number of alkyl halides is 3. The number of nitrogens with zero attached hydrogens (tertiary/aromatic N) is 1. The van der Waals surface area contributed by atoms with E-state index in [1.807, 2.05) is 6.20 Å². The van der Waals surface area contributed by atoms with Crippen LogP contribution in [0.5, 0.6) is 0 Å². The van der Waals surface area contributed by atoms with Crippen molar-refractivity contribution in [1.29, 1.82) is 0 Å². The Kier molecular flexibility index (Phi) is 3.41. The Morgan fingerprint density at radius 2 is 1.82 bits per heavy atom. The molecule has 1 aromatic rings. The minimum atomic E-state index is -4.27. The summed E-state index contributed by atoms with van der Waals surface area (Å²) in [4.78, 5) is 2.13. The zero-order valence-electron chi connectivity index (χ0n) is 9.37. The van der Waals surface area contributed by atoms with Gasteiger partial charge in [-0.25, -0.2) is 0 Å². The van der Waals surface area contributed by atoms with Gasteiger partial charge in [-0.1, -0.05) is 12.1 Å². The van der Waals surface area contributed by atoms with Crippen LogP contribution in [-0.4, -0.2) is 18.0 Å². The minimum absolute atomic E-state index is 0.590. The molecule has 1 aliphatic heterocycles.